The molecular formula is C13H19N5O2S. The molecule has 2 heterocycles. The van der Waals surface area contributed by atoms with Crippen LogP contribution in [0.15, 0.2) is 23.2 Å². The first-order chi connectivity index (χ1) is 9.86. The summed E-state index contributed by atoms with van der Waals surface area (Å²) in [6.45, 7) is 3.79. The molecule has 7 nitrogen and oxygen atoms in total. The van der Waals surface area contributed by atoms with Gasteiger partial charge in [0.25, 0.3) is 0 Å². The molecule has 0 fully saturated rings. The second-order valence-electron chi connectivity index (χ2n) is 4.71. The number of pyridine rings is 1. The molecule has 0 saturated carbocycles. The van der Waals surface area contributed by atoms with Crippen LogP contribution in [0.25, 0.3) is 0 Å². The third-order valence-electron chi connectivity index (χ3n) is 3.37. The van der Waals surface area contributed by atoms with E-state index in [1.807, 2.05) is 19.1 Å². The number of nitrogen functional groups attached to an aromatic ring is 1. The molecule has 2 rings (SSSR count). The Kier molecular flexibility index (Phi) is 4.29. The molecule has 2 aromatic heterocycles. The molecule has 0 aromatic carbocycles. The van der Waals surface area contributed by atoms with Crippen LogP contribution >= 0.6 is 0 Å². The average Bonchev–Trinajstić information content (AvgIpc) is 2.70. The summed E-state index contributed by atoms with van der Waals surface area (Å²) in [6, 6.07) is 3.76. The van der Waals surface area contributed by atoms with Crippen molar-refractivity contribution in [3.63, 3.8) is 0 Å². The van der Waals surface area contributed by atoms with E-state index in [4.69, 9.17) is 5.73 Å². The van der Waals surface area contributed by atoms with Gasteiger partial charge in [-0.25, -0.2) is 13.1 Å². The van der Waals surface area contributed by atoms with Crippen LogP contribution in [-0.4, -0.2) is 23.2 Å². The largest absolute Gasteiger partial charge is 0.381 e. The number of nitrogens with one attached hydrogen (secondary N) is 1. The number of hydrogen-bond acceptors (Lipinski definition) is 5. The molecule has 0 radical (unpaired) electrons. The monoisotopic (exact) mass is 309 g/mol. The minimum atomic E-state index is -3.72. The summed E-state index contributed by atoms with van der Waals surface area (Å²) in [5, 5.41) is 3.93. The minimum absolute atomic E-state index is 0.000708. The van der Waals surface area contributed by atoms with Crippen LogP contribution in [0.4, 0.5) is 5.82 Å². The Morgan fingerprint density at radius 2 is 2.14 bits per heavy atom. The van der Waals surface area contributed by atoms with Crippen molar-refractivity contribution in [3.8, 4) is 0 Å². The molecular weight excluding hydrogens is 290 g/mol. The quantitative estimate of drug-likeness (QED) is 0.848. The van der Waals surface area contributed by atoms with Crippen LogP contribution in [-0.2, 0) is 30.0 Å². The molecule has 8 heteroatoms. The number of aryl methyl sites for hydroxylation is 2. The van der Waals surface area contributed by atoms with Crippen LogP contribution in [0.2, 0.25) is 0 Å². The summed E-state index contributed by atoms with van der Waals surface area (Å²) in [5.74, 6) is -0.000708. The second-order valence-corrected chi connectivity index (χ2v) is 6.41. The van der Waals surface area contributed by atoms with Gasteiger partial charge in [-0.15, -0.1) is 0 Å². The standard InChI is InChI=1S/C13H19N5O2S/c1-4-10-6-5-7-15-11(10)8-16-21(19,20)12-9(2)18(3)17-13(12)14/h5-7,16H,4,8H2,1-3H3,(H2,14,17). The topological polar surface area (TPSA) is 103 Å². The van der Waals surface area contributed by atoms with E-state index in [9.17, 15) is 8.42 Å². The highest BCUT2D eigenvalue weighted by Gasteiger charge is 2.24. The summed E-state index contributed by atoms with van der Waals surface area (Å²) in [7, 11) is -2.07. The molecule has 114 valence electrons. The predicted molar refractivity (Wildman–Crippen MR) is 80.0 cm³/mol. The van der Waals surface area contributed by atoms with Gasteiger partial charge in [0.2, 0.25) is 10.0 Å². The molecule has 0 aliphatic rings. The van der Waals surface area contributed by atoms with Crippen molar-refractivity contribution >= 4 is 15.8 Å². The lowest BCUT2D eigenvalue weighted by molar-refractivity contribution is 0.579. The van der Waals surface area contributed by atoms with E-state index in [2.05, 4.69) is 14.8 Å². The molecule has 0 aliphatic carbocycles. The Hall–Kier alpha value is -1.93. The maximum absolute atomic E-state index is 12.4. The van der Waals surface area contributed by atoms with Gasteiger partial charge in [0, 0.05) is 13.2 Å². The molecule has 0 bridgehead atoms. The normalized spacial score (nSPS) is 11.8. The lowest BCUT2D eigenvalue weighted by Gasteiger charge is -2.09. The van der Waals surface area contributed by atoms with Gasteiger partial charge in [0.1, 0.15) is 4.90 Å². The molecule has 0 atom stereocenters. The Morgan fingerprint density at radius 1 is 1.43 bits per heavy atom. The van der Waals surface area contributed by atoms with Crippen LogP contribution in [0.5, 0.6) is 0 Å². The van der Waals surface area contributed by atoms with Crippen molar-refractivity contribution < 1.29 is 8.42 Å². The Balaban J connectivity index is 2.26. The molecule has 0 amide bonds. The van der Waals surface area contributed by atoms with Crippen molar-refractivity contribution in [3.05, 3.63) is 35.3 Å². The molecule has 2 aromatic rings. The molecule has 3 N–H and O–H groups in total. The van der Waals surface area contributed by atoms with Crippen molar-refractivity contribution in [2.24, 2.45) is 7.05 Å². The van der Waals surface area contributed by atoms with Crippen LogP contribution in [0.3, 0.4) is 0 Å². The lowest BCUT2D eigenvalue weighted by Crippen LogP contribution is -2.25. The maximum atomic E-state index is 12.4. The van der Waals surface area contributed by atoms with Crippen molar-refractivity contribution in [1.29, 1.82) is 0 Å². The highest BCUT2D eigenvalue weighted by Crippen LogP contribution is 2.21. The van der Waals surface area contributed by atoms with E-state index in [1.165, 1.54) is 4.68 Å². The van der Waals surface area contributed by atoms with Gasteiger partial charge >= 0.3 is 0 Å². The van der Waals surface area contributed by atoms with E-state index in [0.29, 0.717) is 11.4 Å². The second kappa shape index (κ2) is 5.82. The number of hydrogen-bond donors (Lipinski definition) is 2. The summed E-state index contributed by atoms with van der Waals surface area (Å²) in [6.07, 6.45) is 2.44. The summed E-state index contributed by atoms with van der Waals surface area (Å²) in [5.41, 5.74) is 7.91. The Bertz CT molecular complexity index is 752. The SMILES string of the molecule is CCc1cccnc1CNS(=O)(=O)c1c(N)nn(C)c1C. The Morgan fingerprint density at radius 3 is 2.71 bits per heavy atom. The van der Waals surface area contributed by atoms with Crippen molar-refractivity contribution in [1.82, 2.24) is 19.5 Å². The van der Waals surface area contributed by atoms with Gasteiger partial charge in [0.05, 0.1) is 17.9 Å². The van der Waals surface area contributed by atoms with E-state index in [0.717, 1.165) is 12.0 Å². The summed E-state index contributed by atoms with van der Waals surface area (Å²) < 4.78 is 28.8. The van der Waals surface area contributed by atoms with Gasteiger partial charge in [-0.3, -0.25) is 9.67 Å². The van der Waals surface area contributed by atoms with Gasteiger partial charge in [-0.2, -0.15) is 5.10 Å². The number of nitrogens with zero attached hydrogens (tertiary/aromatic N) is 3. The van der Waals surface area contributed by atoms with Crippen LogP contribution < -0.4 is 10.5 Å². The van der Waals surface area contributed by atoms with Crippen molar-refractivity contribution in [2.45, 2.75) is 31.7 Å². The van der Waals surface area contributed by atoms with Crippen LogP contribution in [0.1, 0.15) is 23.9 Å². The van der Waals surface area contributed by atoms with E-state index in [-0.39, 0.29) is 17.3 Å². The molecule has 0 aliphatic heterocycles. The highest BCUT2D eigenvalue weighted by molar-refractivity contribution is 7.89. The first-order valence-electron chi connectivity index (χ1n) is 6.58. The highest BCUT2D eigenvalue weighted by atomic mass is 32.2. The van der Waals surface area contributed by atoms with E-state index in [1.54, 1.807) is 20.2 Å². The van der Waals surface area contributed by atoms with Gasteiger partial charge in [-0.1, -0.05) is 13.0 Å². The number of nitrogens with two attached hydrogens (primary N) is 1. The first kappa shape index (κ1) is 15.5. The van der Waals surface area contributed by atoms with E-state index >= 15 is 0 Å². The van der Waals surface area contributed by atoms with E-state index < -0.39 is 10.0 Å². The van der Waals surface area contributed by atoms with Gasteiger partial charge < -0.3 is 5.73 Å². The van der Waals surface area contributed by atoms with Crippen LogP contribution in [0, 0.1) is 6.92 Å². The predicted octanol–water partition coefficient (Wildman–Crippen LogP) is 0.747. The molecule has 0 spiro atoms. The fraction of sp³-hybridized carbons (Fsp3) is 0.385. The Labute approximate surface area is 124 Å². The third-order valence-corrected chi connectivity index (χ3v) is 4.93. The number of rotatable bonds is 5. The van der Waals surface area contributed by atoms with Gasteiger partial charge in [-0.05, 0) is 25.0 Å². The molecule has 21 heavy (non-hydrogen) atoms. The number of anilines is 1. The zero-order chi connectivity index (χ0) is 15.6. The molecule has 0 unspecified atom stereocenters. The number of aromatic nitrogens is 3. The zero-order valence-corrected chi connectivity index (χ0v) is 13.1. The first-order valence-corrected chi connectivity index (χ1v) is 8.06. The zero-order valence-electron chi connectivity index (χ0n) is 12.3. The summed E-state index contributed by atoms with van der Waals surface area (Å²) >= 11 is 0. The van der Waals surface area contributed by atoms with Gasteiger partial charge in [0.15, 0.2) is 5.82 Å². The smallest absolute Gasteiger partial charge is 0.246 e. The average molecular weight is 309 g/mol. The van der Waals surface area contributed by atoms with Crippen molar-refractivity contribution in [2.75, 3.05) is 5.73 Å². The fourth-order valence-corrected chi connectivity index (χ4v) is 3.44. The maximum Gasteiger partial charge on any atom is 0.246 e. The fourth-order valence-electron chi connectivity index (χ4n) is 2.13. The third kappa shape index (κ3) is 3.06. The number of sulfonamides is 1. The lowest BCUT2D eigenvalue weighted by atomic mass is 10.1. The summed E-state index contributed by atoms with van der Waals surface area (Å²) in [4.78, 5) is 4.24. The molecule has 0 saturated heterocycles. The minimum Gasteiger partial charge on any atom is -0.381 e.